The molecule has 0 aliphatic heterocycles. The number of nitrogens with zero attached hydrogens (tertiary/aromatic N) is 2. The van der Waals surface area contributed by atoms with Gasteiger partial charge in [0, 0.05) is 12.4 Å². The molecule has 0 aliphatic rings. The van der Waals surface area contributed by atoms with Crippen molar-refractivity contribution in [1.82, 2.24) is 9.97 Å². The molecule has 0 aliphatic carbocycles. The van der Waals surface area contributed by atoms with Crippen molar-refractivity contribution in [3.8, 4) is 0 Å². The van der Waals surface area contributed by atoms with Crippen LogP contribution in [0.25, 0.3) is 0 Å². The zero-order valence-electron chi connectivity index (χ0n) is 9.58. The van der Waals surface area contributed by atoms with Gasteiger partial charge in [0.1, 0.15) is 11.6 Å². The van der Waals surface area contributed by atoms with Gasteiger partial charge in [0.15, 0.2) is 0 Å². The Morgan fingerprint density at radius 1 is 1.11 bits per heavy atom. The maximum Gasteiger partial charge on any atom is 0.416 e. The Labute approximate surface area is 106 Å². The van der Waals surface area contributed by atoms with Gasteiger partial charge >= 0.3 is 6.18 Å². The molecule has 3 nitrogen and oxygen atoms in total. The maximum atomic E-state index is 13.4. The number of rotatable bonds is 3. The van der Waals surface area contributed by atoms with Crippen LogP contribution >= 0.6 is 0 Å². The number of aromatic nitrogens is 2. The van der Waals surface area contributed by atoms with Crippen LogP contribution in [0.2, 0.25) is 0 Å². The van der Waals surface area contributed by atoms with Gasteiger partial charge < -0.3 is 5.32 Å². The van der Waals surface area contributed by atoms with Gasteiger partial charge in [-0.2, -0.15) is 13.2 Å². The highest BCUT2D eigenvalue weighted by Gasteiger charge is 2.31. The van der Waals surface area contributed by atoms with E-state index in [1.807, 2.05) is 0 Å². The second-order valence-electron chi connectivity index (χ2n) is 3.71. The molecule has 2 aromatic rings. The fraction of sp³-hybridized carbons (Fsp3) is 0.167. The third-order valence-corrected chi connectivity index (χ3v) is 2.35. The Kier molecular flexibility index (Phi) is 3.64. The Balaban J connectivity index is 2.16. The van der Waals surface area contributed by atoms with Crippen LogP contribution in [0.4, 0.5) is 23.2 Å². The fourth-order valence-electron chi connectivity index (χ4n) is 1.43. The molecule has 19 heavy (non-hydrogen) atoms. The minimum atomic E-state index is -4.51. The molecule has 0 spiro atoms. The van der Waals surface area contributed by atoms with Gasteiger partial charge in [-0.15, -0.1) is 0 Å². The highest BCUT2D eigenvalue weighted by molar-refractivity contribution is 5.48. The average molecular weight is 271 g/mol. The predicted molar refractivity (Wildman–Crippen MR) is 60.8 cm³/mol. The molecule has 0 atom stereocenters. The average Bonchev–Trinajstić information content (AvgIpc) is 2.37. The second-order valence-corrected chi connectivity index (χ2v) is 3.71. The minimum absolute atomic E-state index is 0.0407. The number of nitrogens with one attached hydrogen (secondary N) is 1. The first-order valence-electron chi connectivity index (χ1n) is 5.33. The smallest absolute Gasteiger partial charge is 0.375 e. The van der Waals surface area contributed by atoms with Gasteiger partial charge in [0.05, 0.1) is 17.8 Å². The van der Waals surface area contributed by atoms with E-state index in [1.165, 1.54) is 12.4 Å². The number of hydrogen-bond donors (Lipinski definition) is 1. The quantitative estimate of drug-likeness (QED) is 0.871. The molecule has 1 heterocycles. The molecule has 0 unspecified atom stereocenters. The SMILES string of the molecule is Fc1ccc(C(F)(F)F)cc1NCc1ncccn1. The fourth-order valence-corrected chi connectivity index (χ4v) is 1.43. The Bertz CT molecular complexity index is 555. The van der Waals surface area contributed by atoms with Gasteiger partial charge in [0.25, 0.3) is 0 Å². The van der Waals surface area contributed by atoms with E-state index < -0.39 is 17.6 Å². The van der Waals surface area contributed by atoms with Crippen LogP contribution in [0, 0.1) is 5.82 Å². The van der Waals surface area contributed by atoms with E-state index >= 15 is 0 Å². The van der Waals surface area contributed by atoms with E-state index in [4.69, 9.17) is 0 Å². The maximum absolute atomic E-state index is 13.4. The first kappa shape index (κ1) is 13.3. The summed E-state index contributed by atoms with van der Waals surface area (Å²) in [5.74, 6) is -0.400. The largest absolute Gasteiger partial charge is 0.416 e. The molecule has 0 saturated carbocycles. The van der Waals surface area contributed by atoms with Gasteiger partial charge in [-0.3, -0.25) is 0 Å². The van der Waals surface area contributed by atoms with E-state index in [1.54, 1.807) is 6.07 Å². The molecule has 2 rings (SSSR count). The Morgan fingerprint density at radius 3 is 2.42 bits per heavy atom. The molecule has 1 aromatic carbocycles. The molecular formula is C12H9F4N3. The first-order valence-corrected chi connectivity index (χ1v) is 5.33. The molecule has 0 amide bonds. The minimum Gasteiger partial charge on any atom is -0.375 e. The van der Waals surface area contributed by atoms with Crippen LogP contribution in [-0.4, -0.2) is 9.97 Å². The van der Waals surface area contributed by atoms with Crippen LogP contribution in [-0.2, 0) is 12.7 Å². The van der Waals surface area contributed by atoms with Crippen molar-refractivity contribution in [1.29, 1.82) is 0 Å². The molecule has 100 valence electrons. The number of halogens is 4. The van der Waals surface area contributed by atoms with Crippen molar-refractivity contribution in [3.63, 3.8) is 0 Å². The standard InChI is InChI=1S/C12H9F4N3/c13-9-3-2-8(12(14,15)16)6-10(9)19-7-11-17-4-1-5-18-11/h1-6,19H,7H2. The summed E-state index contributed by atoms with van der Waals surface area (Å²) < 4.78 is 50.9. The zero-order valence-corrected chi connectivity index (χ0v) is 9.58. The molecule has 1 aromatic heterocycles. The zero-order chi connectivity index (χ0) is 13.9. The number of benzene rings is 1. The summed E-state index contributed by atoms with van der Waals surface area (Å²) in [5, 5.41) is 2.54. The lowest BCUT2D eigenvalue weighted by molar-refractivity contribution is -0.137. The lowest BCUT2D eigenvalue weighted by atomic mass is 10.2. The molecule has 0 radical (unpaired) electrons. The van der Waals surface area contributed by atoms with Gasteiger partial charge in [-0.1, -0.05) is 0 Å². The van der Waals surface area contributed by atoms with Crippen LogP contribution in [0.3, 0.4) is 0 Å². The third kappa shape index (κ3) is 3.40. The number of anilines is 1. The Morgan fingerprint density at radius 2 is 1.79 bits per heavy atom. The lowest BCUT2D eigenvalue weighted by Crippen LogP contribution is -2.09. The van der Waals surface area contributed by atoms with Crippen molar-refractivity contribution in [2.24, 2.45) is 0 Å². The van der Waals surface area contributed by atoms with E-state index in [0.717, 1.165) is 12.1 Å². The summed E-state index contributed by atoms with van der Waals surface area (Å²) in [4.78, 5) is 7.75. The van der Waals surface area contributed by atoms with Crippen LogP contribution in [0.1, 0.15) is 11.4 Å². The summed E-state index contributed by atoms with van der Waals surface area (Å²) in [6, 6.07) is 3.79. The summed E-state index contributed by atoms with van der Waals surface area (Å²) in [6.45, 7) is 0.0407. The molecular weight excluding hydrogens is 262 g/mol. The van der Waals surface area contributed by atoms with Crippen molar-refractivity contribution in [2.75, 3.05) is 5.32 Å². The van der Waals surface area contributed by atoms with E-state index in [9.17, 15) is 17.6 Å². The molecule has 0 saturated heterocycles. The summed E-state index contributed by atoms with van der Waals surface area (Å²) in [5.41, 5.74) is -1.15. The molecule has 1 N–H and O–H groups in total. The van der Waals surface area contributed by atoms with Gasteiger partial charge in [0.2, 0.25) is 0 Å². The highest BCUT2D eigenvalue weighted by atomic mass is 19.4. The lowest BCUT2D eigenvalue weighted by Gasteiger charge is -2.11. The number of hydrogen-bond acceptors (Lipinski definition) is 3. The monoisotopic (exact) mass is 271 g/mol. The van der Waals surface area contributed by atoms with Crippen molar-refractivity contribution >= 4 is 5.69 Å². The number of alkyl halides is 3. The summed E-state index contributed by atoms with van der Waals surface area (Å²) in [7, 11) is 0. The van der Waals surface area contributed by atoms with E-state index in [0.29, 0.717) is 11.9 Å². The molecule has 0 fully saturated rings. The predicted octanol–water partition coefficient (Wildman–Crippen LogP) is 3.25. The van der Waals surface area contributed by atoms with Gasteiger partial charge in [-0.05, 0) is 24.3 Å². The topological polar surface area (TPSA) is 37.8 Å². The molecule has 7 heteroatoms. The third-order valence-electron chi connectivity index (χ3n) is 2.35. The highest BCUT2D eigenvalue weighted by Crippen LogP contribution is 2.31. The second kappa shape index (κ2) is 5.21. The van der Waals surface area contributed by atoms with Crippen molar-refractivity contribution in [3.05, 3.63) is 53.9 Å². The van der Waals surface area contributed by atoms with E-state index in [2.05, 4.69) is 15.3 Å². The first-order chi connectivity index (χ1) is 8.97. The Hall–Kier alpha value is -2.18. The van der Waals surface area contributed by atoms with Gasteiger partial charge in [-0.25, -0.2) is 14.4 Å². The van der Waals surface area contributed by atoms with E-state index in [-0.39, 0.29) is 12.2 Å². The summed E-state index contributed by atoms with van der Waals surface area (Å²) in [6.07, 6.45) is -1.52. The van der Waals surface area contributed by atoms with Crippen molar-refractivity contribution < 1.29 is 17.6 Å². The van der Waals surface area contributed by atoms with Crippen LogP contribution in [0.15, 0.2) is 36.7 Å². The molecule has 0 bridgehead atoms. The normalized spacial score (nSPS) is 11.4. The summed E-state index contributed by atoms with van der Waals surface area (Å²) >= 11 is 0. The van der Waals surface area contributed by atoms with Crippen molar-refractivity contribution in [2.45, 2.75) is 12.7 Å². The van der Waals surface area contributed by atoms with Crippen LogP contribution < -0.4 is 5.32 Å². The van der Waals surface area contributed by atoms with Crippen LogP contribution in [0.5, 0.6) is 0 Å².